The van der Waals surface area contributed by atoms with Gasteiger partial charge >= 0.3 is 0 Å². The lowest BCUT2D eigenvalue weighted by Gasteiger charge is -2.29. The number of hydrogen-bond acceptors (Lipinski definition) is 4. The number of benzene rings is 1. The average molecular weight is 263 g/mol. The number of aliphatic hydroxyl groups is 1. The Labute approximate surface area is 113 Å². The van der Waals surface area contributed by atoms with Crippen molar-refractivity contribution in [1.82, 2.24) is 5.32 Å². The Morgan fingerprint density at radius 1 is 1.26 bits per heavy atom. The minimum absolute atomic E-state index is 0.571. The number of fused-ring (bicyclic) bond motifs is 1. The lowest BCUT2D eigenvalue weighted by Crippen LogP contribution is -2.38. The third-order valence-corrected chi connectivity index (χ3v) is 3.92. The monoisotopic (exact) mass is 263 g/mol. The van der Waals surface area contributed by atoms with Crippen LogP contribution in [0.3, 0.4) is 0 Å². The lowest BCUT2D eigenvalue weighted by molar-refractivity contribution is 0.0317. The zero-order valence-corrected chi connectivity index (χ0v) is 11.3. The van der Waals surface area contributed by atoms with E-state index in [2.05, 4.69) is 5.32 Å². The highest BCUT2D eigenvalue weighted by Gasteiger charge is 2.31. The first-order valence-corrected chi connectivity index (χ1v) is 7.07. The molecule has 1 aromatic rings. The molecular formula is C15H21NO3. The summed E-state index contributed by atoms with van der Waals surface area (Å²) in [4.78, 5) is 0. The number of rotatable bonds is 5. The normalized spacial score (nSPS) is 20.9. The molecule has 1 atom stereocenters. The SMILES string of the molecule is CCC(O)(CNC1CC1)c1ccc2c(c1)OCCO2. The standard InChI is InChI=1S/C15H21NO3/c1-2-15(17,10-16-12-4-5-12)11-3-6-13-14(9-11)19-8-7-18-13/h3,6,9,12,16-17H,2,4-5,7-8,10H2,1H3. The first-order valence-electron chi connectivity index (χ1n) is 7.07. The van der Waals surface area contributed by atoms with Gasteiger partial charge in [0.2, 0.25) is 0 Å². The third-order valence-electron chi connectivity index (χ3n) is 3.92. The van der Waals surface area contributed by atoms with E-state index in [0.29, 0.717) is 32.2 Å². The van der Waals surface area contributed by atoms with Crippen LogP contribution in [0.15, 0.2) is 18.2 Å². The highest BCUT2D eigenvalue weighted by Crippen LogP contribution is 2.35. The van der Waals surface area contributed by atoms with Gasteiger partial charge in [-0.05, 0) is 37.0 Å². The summed E-state index contributed by atoms with van der Waals surface area (Å²) in [6, 6.07) is 6.33. The maximum Gasteiger partial charge on any atom is 0.161 e. The Bertz CT molecular complexity index is 459. The second-order valence-corrected chi connectivity index (χ2v) is 5.40. The summed E-state index contributed by atoms with van der Waals surface area (Å²) < 4.78 is 11.1. The first kappa shape index (κ1) is 12.8. The predicted molar refractivity (Wildman–Crippen MR) is 72.6 cm³/mol. The van der Waals surface area contributed by atoms with E-state index in [0.717, 1.165) is 17.1 Å². The van der Waals surface area contributed by atoms with Crippen LogP contribution >= 0.6 is 0 Å². The Morgan fingerprint density at radius 3 is 2.68 bits per heavy atom. The summed E-state index contributed by atoms with van der Waals surface area (Å²) >= 11 is 0. The summed E-state index contributed by atoms with van der Waals surface area (Å²) in [7, 11) is 0. The highest BCUT2D eigenvalue weighted by molar-refractivity contribution is 5.45. The topological polar surface area (TPSA) is 50.7 Å². The van der Waals surface area contributed by atoms with Gasteiger partial charge in [-0.15, -0.1) is 0 Å². The summed E-state index contributed by atoms with van der Waals surface area (Å²) in [5.41, 5.74) is 0.0608. The minimum atomic E-state index is -0.835. The van der Waals surface area contributed by atoms with Gasteiger partial charge < -0.3 is 19.9 Å². The molecule has 1 aromatic carbocycles. The molecule has 0 aromatic heterocycles. The second-order valence-electron chi connectivity index (χ2n) is 5.40. The van der Waals surface area contributed by atoms with Crippen LogP contribution in [-0.4, -0.2) is 30.9 Å². The molecule has 0 radical (unpaired) electrons. The fourth-order valence-electron chi connectivity index (χ4n) is 2.36. The summed E-state index contributed by atoms with van der Waals surface area (Å²) in [5, 5.41) is 14.2. The van der Waals surface area contributed by atoms with Crippen LogP contribution in [0, 0.1) is 0 Å². The molecule has 1 unspecified atom stereocenters. The number of ether oxygens (including phenoxy) is 2. The highest BCUT2D eigenvalue weighted by atomic mass is 16.6. The van der Waals surface area contributed by atoms with Gasteiger partial charge in [0.25, 0.3) is 0 Å². The number of nitrogens with one attached hydrogen (secondary N) is 1. The molecule has 3 rings (SSSR count). The van der Waals surface area contributed by atoms with E-state index in [4.69, 9.17) is 9.47 Å². The van der Waals surface area contributed by atoms with E-state index in [-0.39, 0.29) is 0 Å². The Morgan fingerprint density at radius 2 is 2.00 bits per heavy atom. The smallest absolute Gasteiger partial charge is 0.161 e. The van der Waals surface area contributed by atoms with E-state index in [1.807, 2.05) is 25.1 Å². The molecule has 19 heavy (non-hydrogen) atoms. The van der Waals surface area contributed by atoms with E-state index in [9.17, 15) is 5.11 Å². The Kier molecular flexibility index (Phi) is 3.37. The maximum atomic E-state index is 10.8. The van der Waals surface area contributed by atoms with E-state index < -0.39 is 5.60 Å². The Hall–Kier alpha value is -1.26. The van der Waals surface area contributed by atoms with Crippen LogP contribution in [0.5, 0.6) is 11.5 Å². The molecule has 104 valence electrons. The molecule has 0 spiro atoms. The van der Waals surface area contributed by atoms with Crippen molar-refractivity contribution in [2.24, 2.45) is 0 Å². The Balaban J connectivity index is 1.80. The van der Waals surface area contributed by atoms with Crippen molar-refractivity contribution >= 4 is 0 Å². The molecule has 1 aliphatic carbocycles. The largest absolute Gasteiger partial charge is 0.486 e. The van der Waals surface area contributed by atoms with Crippen LogP contribution < -0.4 is 14.8 Å². The molecule has 0 saturated heterocycles. The van der Waals surface area contributed by atoms with Crippen LogP contribution in [0.4, 0.5) is 0 Å². The molecule has 1 fully saturated rings. The summed E-state index contributed by atoms with van der Waals surface area (Å²) in [6.07, 6.45) is 3.12. The molecular weight excluding hydrogens is 242 g/mol. The van der Waals surface area contributed by atoms with Crippen LogP contribution in [0.1, 0.15) is 31.7 Å². The zero-order chi connectivity index (χ0) is 13.3. The quantitative estimate of drug-likeness (QED) is 0.850. The van der Waals surface area contributed by atoms with Crippen LogP contribution in [-0.2, 0) is 5.60 Å². The van der Waals surface area contributed by atoms with Gasteiger partial charge in [-0.2, -0.15) is 0 Å². The number of hydrogen-bond donors (Lipinski definition) is 2. The van der Waals surface area contributed by atoms with Crippen molar-refractivity contribution in [3.8, 4) is 11.5 Å². The van der Waals surface area contributed by atoms with Crippen molar-refractivity contribution in [1.29, 1.82) is 0 Å². The molecule has 2 N–H and O–H groups in total. The van der Waals surface area contributed by atoms with E-state index >= 15 is 0 Å². The van der Waals surface area contributed by atoms with Crippen molar-refractivity contribution in [3.63, 3.8) is 0 Å². The zero-order valence-electron chi connectivity index (χ0n) is 11.3. The van der Waals surface area contributed by atoms with Crippen LogP contribution in [0.2, 0.25) is 0 Å². The molecule has 4 nitrogen and oxygen atoms in total. The minimum Gasteiger partial charge on any atom is -0.486 e. The third kappa shape index (κ3) is 2.69. The molecule has 0 bridgehead atoms. The second kappa shape index (κ2) is 5.02. The van der Waals surface area contributed by atoms with E-state index in [1.54, 1.807) is 0 Å². The molecule has 0 amide bonds. The van der Waals surface area contributed by atoms with Crippen LogP contribution in [0.25, 0.3) is 0 Å². The fraction of sp³-hybridized carbons (Fsp3) is 0.600. The molecule has 1 aliphatic heterocycles. The fourth-order valence-corrected chi connectivity index (χ4v) is 2.36. The van der Waals surface area contributed by atoms with Crippen molar-refractivity contribution in [2.45, 2.75) is 37.8 Å². The molecule has 2 aliphatic rings. The van der Waals surface area contributed by atoms with Gasteiger partial charge in [-0.3, -0.25) is 0 Å². The van der Waals surface area contributed by atoms with Gasteiger partial charge in [-0.25, -0.2) is 0 Å². The predicted octanol–water partition coefficient (Wildman–Crippen LogP) is 1.81. The van der Waals surface area contributed by atoms with Gasteiger partial charge in [0, 0.05) is 12.6 Å². The first-order chi connectivity index (χ1) is 9.21. The molecule has 4 heteroatoms. The lowest BCUT2D eigenvalue weighted by atomic mass is 9.90. The van der Waals surface area contributed by atoms with Gasteiger partial charge in [-0.1, -0.05) is 13.0 Å². The van der Waals surface area contributed by atoms with Gasteiger partial charge in [0.1, 0.15) is 18.8 Å². The van der Waals surface area contributed by atoms with E-state index in [1.165, 1.54) is 12.8 Å². The average Bonchev–Trinajstić information content (AvgIpc) is 3.28. The molecule has 1 heterocycles. The van der Waals surface area contributed by atoms with Crippen molar-refractivity contribution in [2.75, 3.05) is 19.8 Å². The van der Waals surface area contributed by atoms with Crippen molar-refractivity contribution in [3.05, 3.63) is 23.8 Å². The van der Waals surface area contributed by atoms with Gasteiger partial charge in [0.15, 0.2) is 11.5 Å². The maximum absolute atomic E-state index is 10.8. The summed E-state index contributed by atoms with van der Waals surface area (Å²) in [6.45, 7) is 3.76. The summed E-state index contributed by atoms with van der Waals surface area (Å²) in [5.74, 6) is 1.51. The molecule has 1 saturated carbocycles. The van der Waals surface area contributed by atoms with Crippen molar-refractivity contribution < 1.29 is 14.6 Å². The van der Waals surface area contributed by atoms with Gasteiger partial charge in [0.05, 0.1) is 0 Å².